The number of anilines is 1. The molecule has 0 spiro atoms. The van der Waals surface area contributed by atoms with Gasteiger partial charge in [-0.25, -0.2) is 0 Å². The fraction of sp³-hybridized carbons (Fsp3) is 0.533. The normalized spacial score (nSPS) is 12.2. The van der Waals surface area contributed by atoms with E-state index in [1.54, 1.807) is 0 Å². The van der Waals surface area contributed by atoms with Crippen LogP contribution in [0.25, 0.3) is 0 Å². The molecule has 2 N–H and O–H groups in total. The van der Waals surface area contributed by atoms with Crippen molar-refractivity contribution in [1.82, 2.24) is 0 Å². The monoisotopic (exact) mass is 248 g/mol. The Morgan fingerprint density at radius 3 is 2.61 bits per heavy atom. The smallest absolute Gasteiger partial charge is 0.226 e. The van der Waals surface area contributed by atoms with Crippen molar-refractivity contribution in [1.29, 1.82) is 0 Å². The van der Waals surface area contributed by atoms with Gasteiger partial charge >= 0.3 is 0 Å². The first-order valence-corrected chi connectivity index (χ1v) is 6.66. The van der Waals surface area contributed by atoms with Crippen LogP contribution in [-0.4, -0.2) is 19.0 Å². The number of para-hydroxylation sites is 1. The minimum absolute atomic E-state index is 0.187. The molecule has 1 atom stereocenters. The standard InChI is InChI=1S/C15H24N2O/c1-4-17(14-8-6-5-7-13(14)3)15(18)10-9-12(2)11-16/h5-8,12H,4,9-11,16H2,1-3H3. The van der Waals surface area contributed by atoms with Crippen molar-refractivity contribution in [3.63, 3.8) is 0 Å². The highest BCUT2D eigenvalue weighted by atomic mass is 16.2. The molecule has 0 heterocycles. The van der Waals surface area contributed by atoms with Crippen LogP contribution in [0.3, 0.4) is 0 Å². The summed E-state index contributed by atoms with van der Waals surface area (Å²) in [5.74, 6) is 0.594. The van der Waals surface area contributed by atoms with Crippen molar-refractivity contribution in [3.05, 3.63) is 29.8 Å². The zero-order valence-electron chi connectivity index (χ0n) is 11.6. The van der Waals surface area contributed by atoms with Gasteiger partial charge in [0, 0.05) is 18.7 Å². The summed E-state index contributed by atoms with van der Waals surface area (Å²) in [4.78, 5) is 14.1. The van der Waals surface area contributed by atoms with Gasteiger partial charge in [-0.05, 0) is 44.4 Å². The zero-order chi connectivity index (χ0) is 13.5. The second kappa shape index (κ2) is 7.17. The number of aryl methyl sites for hydroxylation is 1. The molecule has 3 heteroatoms. The third kappa shape index (κ3) is 3.84. The van der Waals surface area contributed by atoms with E-state index in [9.17, 15) is 4.79 Å². The highest BCUT2D eigenvalue weighted by Gasteiger charge is 2.15. The summed E-state index contributed by atoms with van der Waals surface area (Å²) in [6.45, 7) is 7.48. The van der Waals surface area contributed by atoms with Crippen LogP contribution in [0.4, 0.5) is 5.69 Å². The van der Waals surface area contributed by atoms with Gasteiger partial charge in [0.2, 0.25) is 5.91 Å². The number of hydrogen-bond donors (Lipinski definition) is 1. The second-order valence-electron chi connectivity index (χ2n) is 4.80. The first-order chi connectivity index (χ1) is 8.60. The van der Waals surface area contributed by atoms with E-state index in [1.807, 2.05) is 43.0 Å². The zero-order valence-corrected chi connectivity index (χ0v) is 11.6. The van der Waals surface area contributed by atoms with Crippen molar-refractivity contribution >= 4 is 11.6 Å². The van der Waals surface area contributed by atoms with Gasteiger partial charge in [-0.3, -0.25) is 4.79 Å². The molecule has 100 valence electrons. The highest BCUT2D eigenvalue weighted by Crippen LogP contribution is 2.20. The lowest BCUT2D eigenvalue weighted by molar-refractivity contribution is -0.118. The molecule has 1 rings (SSSR count). The Balaban J connectivity index is 2.72. The van der Waals surface area contributed by atoms with Gasteiger partial charge in [0.05, 0.1) is 0 Å². The molecule has 0 radical (unpaired) electrons. The summed E-state index contributed by atoms with van der Waals surface area (Å²) < 4.78 is 0. The number of carbonyl (C=O) groups is 1. The van der Waals surface area contributed by atoms with Crippen molar-refractivity contribution in [2.75, 3.05) is 18.0 Å². The third-order valence-electron chi connectivity index (χ3n) is 3.28. The third-order valence-corrected chi connectivity index (χ3v) is 3.28. The van der Waals surface area contributed by atoms with E-state index in [4.69, 9.17) is 5.73 Å². The maximum Gasteiger partial charge on any atom is 0.226 e. The van der Waals surface area contributed by atoms with Crippen molar-refractivity contribution < 1.29 is 4.79 Å². The lowest BCUT2D eigenvalue weighted by Crippen LogP contribution is -2.31. The van der Waals surface area contributed by atoms with Crippen LogP contribution in [0.1, 0.15) is 32.3 Å². The molecule has 1 amide bonds. The molecule has 1 aromatic rings. The Bertz CT molecular complexity index is 390. The van der Waals surface area contributed by atoms with E-state index >= 15 is 0 Å². The molecule has 0 saturated carbocycles. The van der Waals surface area contributed by atoms with E-state index in [-0.39, 0.29) is 5.91 Å². The molecule has 0 aliphatic carbocycles. The summed E-state index contributed by atoms with van der Waals surface area (Å²) in [5, 5.41) is 0. The van der Waals surface area contributed by atoms with Gasteiger partial charge in [0.15, 0.2) is 0 Å². The van der Waals surface area contributed by atoms with Crippen molar-refractivity contribution in [3.8, 4) is 0 Å². The molecule has 0 aliphatic heterocycles. The van der Waals surface area contributed by atoms with Gasteiger partial charge in [-0.15, -0.1) is 0 Å². The molecule has 3 nitrogen and oxygen atoms in total. The number of rotatable bonds is 6. The van der Waals surface area contributed by atoms with Gasteiger partial charge < -0.3 is 10.6 Å². The SMILES string of the molecule is CCN(C(=O)CCC(C)CN)c1ccccc1C. The minimum Gasteiger partial charge on any atom is -0.330 e. The lowest BCUT2D eigenvalue weighted by Gasteiger charge is -2.23. The minimum atomic E-state index is 0.187. The molecule has 0 aromatic heterocycles. The van der Waals surface area contributed by atoms with Gasteiger partial charge in [0.25, 0.3) is 0 Å². The van der Waals surface area contributed by atoms with Gasteiger partial charge in [-0.1, -0.05) is 25.1 Å². The molecule has 1 unspecified atom stereocenters. The molecular weight excluding hydrogens is 224 g/mol. The first kappa shape index (κ1) is 14.7. The Labute approximate surface area is 110 Å². The summed E-state index contributed by atoms with van der Waals surface area (Å²) in [6, 6.07) is 8.01. The largest absolute Gasteiger partial charge is 0.330 e. The number of hydrogen-bond acceptors (Lipinski definition) is 2. The van der Waals surface area contributed by atoms with Crippen LogP contribution >= 0.6 is 0 Å². The fourth-order valence-electron chi connectivity index (χ4n) is 1.97. The van der Waals surface area contributed by atoms with Gasteiger partial charge in [-0.2, -0.15) is 0 Å². The van der Waals surface area contributed by atoms with Crippen LogP contribution in [0, 0.1) is 12.8 Å². The average Bonchev–Trinajstić information content (AvgIpc) is 2.39. The van der Waals surface area contributed by atoms with Crippen molar-refractivity contribution in [2.24, 2.45) is 11.7 Å². The molecule has 18 heavy (non-hydrogen) atoms. The van der Waals surface area contributed by atoms with Crippen LogP contribution in [0.15, 0.2) is 24.3 Å². The van der Waals surface area contributed by atoms with Crippen LogP contribution in [0.2, 0.25) is 0 Å². The molecule has 0 aliphatic rings. The number of nitrogens with two attached hydrogens (primary N) is 1. The van der Waals surface area contributed by atoms with Gasteiger partial charge in [0.1, 0.15) is 0 Å². The Hall–Kier alpha value is -1.35. The highest BCUT2D eigenvalue weighted by molar-refractivity contribution is 5.93. The van der Waals surface area contributed by atoms with Crippen molar-refractivity contribution in [2.45, 2.75) is 33.6 Å². The average molecular weight is 248 g/mol. The molecular formula is C15H24N2O. The second-order valence-corrected chi connectivity index (χ2v) is 4.80. The summed E-state index contributed by atoms with van der Waals surface area (Å²) >= 11 is 0. The van der Waals surface area contributed by atoms with E-state index in [0.717, 1.165) is 17.7 Å². The molecule has 0 saturated heterocycles. The van der Waals surface area contributed by atoms with Crippen LogP contribution < -0.4 is 10.6 Å². The Morgan fingerprint density at radius 1 is 1.39 bits per heavy atom. The van der Waals surface area contributed by atoms with E-state index in [2.05, 4.69) is 6.92 Å². The van der Waals surface area contributed by atoms with E-state index < -0.39 is 0 Å². The van der Waals surface area contributed by atoms with E-state index in [1.165, 1.54) is 0 Å². The summed E-state index contributed by atoms with van der Waals surface area (Å²) in [5.41, 5.74) is 7.73. The first-order valence-electron chi connectivity index (χ1n) is 6.66. The van der Waals surface area contributed by atoms with Crippen LogP contribution in [0.5, 0.6) is 0 Å². The fourth-order valence-corrected chi connectivity index (χ4v) is 1.97. The predicted molar refractivity (Wildman–Crippen MR) is 76.7 cm³/mol. The molecule has 1 aromatic carbocycles. The lowest BCUT2D eigenvalue weighted by atomic mass is 10.1. The maximum absolute atomic E-state index is 12.2. The number of benzene rings is 1. The molecule has 0 bridgehead atoms. The summed E-state index contributed by atoms with van der Waals surface area (Å²) in [6.07, 6.45) is 1.43. The number of carbonyl (C=O) groups excluding carboxylic acids is 1. The number of amides is 1. The number of nitrogens with zero attached hydrogens (tertiary/aromatic N) is 1. The van der Waals surface area contributed by atoms with E-state index in [0.29, 0.717) is 25.4 Å². The van der Waals surface area contributed by atoms with Crippen LogP contribution in [-0.2, 0) is 4.79 Å². The summed E-state index contributed by atoms with van der Waals surface area (Å²) in [7, 11) is 0. The Kier molecular flexibility index (Phi) is 5.86. The topological polar surface area (TPSA) is 46.3 Å². The maximum atomic E-state index is 12.2. The predicted octanol–water partition coefficient (Wildman–Crippen LogP) is 2.72. The quantitative estimate of drug-likeness (QED) is 0.841. The molecule has 0 fully saturated rings. The Morgan fingerprint density at radius 2 is 2.06 bits per heavy atom.